The third-order valence-corrected chi connectivity index (χ3v) is 9.28. The maximum absolute atomic E-state index is 10.6. The van der Waals surface area contributed by atoms with Crippen LogP contribution in [0.25, 0.3) is 0 Å². The van der Waals surface area contributed by atoms with Crippen LogP contribution < -0.4 is 0 Å². The summed E-state index contributed by atoms with van der Waals surface area (Å²) in [6.07, 6.45) is 17.2. The lowest BCUT2D eigenvalue weighted by molar-refractivity contribution is -0.0513. The maximum Gasteiger partial charge on any atom is 0.144 e. The normalized spacial score (nSPS) is 50.9. The number of terminal acetylenes is 1. The fourth-order valence-electron chi connectivity index (χ4n) is 7.68. The van der Waals surface area contributed by atoms with Gasteiger partial charge in [0.1, 0.15) is 5.60 Å². The Morgan fingerprint density at radius 3 is 2.62 bits per heavy atom. The summed E-state index contributed by atoms with van der Waals surface area (Å²) in [6, 6.07) is 0. The molecule has 142 valence electrons. The van der Waals surface area contributed by atoms with Crippen LogP contribution in [-0.4, -0.2) is 23.5 Å². The Kier molecular flexibility index (Phi) is 4.20. The molecule has 4 rings (SSSR count). The minimum absolute atomic E-state index is 0.249. The Labute approximate surface area is 159 Å². The predicted molar refractivity (Wildman–Crippen MR) is 108 cm³/mol. The van der Waals surface area contributed by atoms with E-state index in [4.69, 9.17) is 6.42 Å². The Bertz CT molecular complexity index is 699. The van der Waals surface area contributed by atoms with E-state index in [0.717, 1.165) is 37.0 Å². The van der Waals surface area contributed by atoms with Gasteiger partial charge < -0.3 is 5.11 Å². The molecule has 3 saturated carbocycles. The topological polar surface area (TPSA) is 32.6 Å². The quantitative estimate of drug-likeness (QED) is 0.401. The predicted octanol–water partition coefficient (Wildman–Crippen LogP) is 5.02. The van der Waals surface area contributed by atoms with E-state index in [9.17, 15) is 5.11 Å². The summed E-state index contributed by atoms with van der Waals surface area (Å²) >= 11 is 0. The molecular weight excluding hydrogens is 318 g/mol. The summed E-state index contributed by atoms with van der Waals surface area (Å²) < 4.78 is 0. The molecule has 3 unspecified atom stereocenters. The fourth-order valence-corrected chi connectivity index (χ4v) is 7.68. The van der Waals surface area contributed by atoms with Gasteiger partial charge in [0.2, 0.25) is 0 Å². The first-order chi connectivity index (χ1) is 12.3. The van der Waals surface area contributed by atoms with Gasteiger partial charge in [0.15, 0.2) is 0 Å². The Morgan fingerprint density at radius 2 is 1.92 bits per heavy atom. The highest BCUT2D eigenvalue weighted by Gasteiger charge is 2.59. The number of hydrogen-bond acceptors (Lipinski definition) is 2. The van der Waals surface area contributed by atoms with Crippen LogP contribution in [0.3, 0.4) is 0 Å². The minimum atomic E-state index is -1.00. The summed E-state index contributed by atoms with van der Waals surface area (Å²) in [5.41, 5.74) is 2.51. The van der Waals surface area contributed by atoms with E-state index < -0.39 is 5.60 Å². The van der Waals surface area contributed by atoms with Crippen molar-refractivity contribution in [1.29, 1.82) is 0 Å². The lowest BCUT2D eigenvalue weighted by atomic mass is 9.46. The second-order valence-corrected chi connectivity index (χ2v) is 10.1. The average molecular weight is 354 g/mol. The molecule has 0 bridgehead atoms. The van der Waals surface area contributed by atoms with Gasteiger partial charge in [-0.25, -0.2) is 0 Å². The van der Waals surface area contributed by atoms with Crippen LogP contribution >= 0.6 is 0 Å². The first kappa shape index (κ1) is 18.3. The van der Waals surface area contributed by atoms with Gasteiger partial charge in [0.25, 0.3) is 0 Å². The third-order valence-electron chi connectivity index (χ3n) is 9.28. The molecule has 0 radical (unpaired) electrons. The highest BCUT2D eigenvalue weighted by molar-refractivity contribution is 5.85. The van der Waals surface area contributed by atoms with Crippen LogP contribution in [0.5, 0.6) is 0 Å². The number of aliphatic imine (C=N–C) groups is 1. The van der Waals surface area contributed by atoms with Crippen molar-refractivity contribution >= 4 is 5.71 Å². The molecule has 4 aliphatic carbocycles. The highest BCUT2D eigenvalue weighted by atomic mass is 16.3. The van der Waals surface area contributed by atoms with Gasteiger partial charge in [0.05, 0.1) is 0 Å². The Hall–Kier alpha value is -1.07. The SMILES string of the molecule is C#C[C@]1(O)C=C2CCC3C(CC[C@@]4(C)C3CC[C@@H]4/C(C)=N/C)[C@@]2(C)CC1. The molecule has 4 aliphatic rings. The van der Waals surface area contributed by atoms with Crippen LogP contribution in [-0.2, 0) is 0 Å². The number of nitrogens with zero attached hydrogens (tertiary/aromatic N) is 1. The smallest absolute Gasteiger partial charge is 0.144 e. The summed E-state index contributed by atoms with van der Waals surface area (Å²) in [6.45, 7) is 7.28. The van der Waals surface area contributed by atoms with Crippen LogP contribution in [0.4, 0.5) is 0 Å². The number of allylic oxidation sites excluding steroid dienone is 1. The average Bonchev–Trinajstić information content (AvgIpc) is 2.99. The lowest BCUT2D eigenvalue weighted by Crippen LogP contribution is -2.52. The van der Waals surface area contributed by atoms with Crippen LogP contribution in [0.15, 0.2) is 16.6 Å². The van der Waals surface area contributed by atoms with E-state index in [2.05, 4.69) is 37.8 Å². The van der Waals surface area contributed by atoms with Crippen molar-refractivity contribution in [2.45, 2.75) is 77.7 Å². The van der Waals surface area contributed by atoms with Gasteiger partial charge in [0, 0.05) is 18.7 Å². The van der Waals surface area contributed by atoms with E-state index in [1.807, 2.05) is 7.05 Å². The molecule has 7 atom stereocenters. The maximum atomic E-state index is 10.6. The first-order valence-electron chi connectivity index (χ1n) is 10.6. The van der Waals surface area contributed by atoms with Gasteiger partial charge in [-0.1, -0.05) is 25.3 Å². The van der Waals surface area contributed by atoms with E-state index in [1.165, 1.54) is 43.4 Å². The summed E-state index contributed by atoms with van der Waals surface area (Å²) in [4.78, 5) is 4.58. The van der Waals surface area contributed by atoms with E-state index in [0.29, 0.717) is 11.3 Å². The number of rotatable bonds is 1. The molecule has 0 aromatic carbocycles. The molecule has 0 aromatic heterocycles. The zero-order valence-corrected chi connectivity index (χ0v) is 17.0. The fraction of sp³-hybridized carbons (Fsp3) is 0.792. The Morgan fingerprint density at radius 1 is 1.15 bits per heavy atom. The summed E-state index contributed by atoms with van der Waals surface area (Å²) in [5.74, 6) is 5.76. The molecular formula is C24H35NO. The molecule has 0 saturated heterocycles. The Balaban J connectivity index is 1.65. The molecule has 0 spiro atoms. The van der Waals surface area contributed by atoms with Crippen molar-refractivity contribution in [3.8, 4) is 12.3 Å². The molecule has 26 heavy (non-hydrogen) atoms. The van der Waals surface area contributed by atoms with Crippen molar-refractivity contribution in [3.05, 3.63) is 11.6 Å². The van der Waals surface area contributed by atoms with Crippen LogP contribution in [0.2, 0.25) is 0 Å². The van der Waals surface area contributed by atoms with Crippen LogP contribution in [0, 0.1) is 46.8 Å². The molecule has 3 fully saturated rings. The number of fused-ring (bicyclic) bond motifs is 5. The third kappa shape index (κ3) is 2.39. The first-order valence-corrected chi connectivity index (χ1v) is 10.6. The molecule has 2 heteroatoms. The van der Waals surface area contributed by atoms with Gasteiger partial charge >= 0.3 is 0 Å². The second-order valence-electron chi connectivity index (χ2n) is 10.1. The number of aliphatic hydroxyl groups is 1. The number of hydrogen-bond donors (Lipinski definition) is 1. The monoisotopic (exact) mass is 353 g/mol. The van der Waals surface area contributed by atoms with Gasteiger partial charge in [-0.3, -0.25) is 4.99 Å². The van der Waals surface area contributed by atoms with Crippen molar-refractivity contribution in [1.82, 2.24) is 0 Å². The van der Waals surface area contributed by atoms with Crippen molar-refractivity contribution in [2.75, 3.05) is 7.05 Å². The van der Waals surface area contributed by atoms with E-state index in [-0.39, 0.29) is 5.41 Å². The van der Waals surface area contributed by atoms with Gasteiger partial charge in [-0.2, -0.15) is 0 Å². The van der Waals surface area contributed by atoms with E-state index in [1.54, 1.807) is 0 Å². The van der Waals surface area contributed by atoms with E-state index >= 15 is 0 Å². The molecule has 2 nitrogen and oxygen atoms in total. The molecule has 0 amide bonds. The molecule has 0 aliphatic heterocycles. The lowest BCUT2D eigenvalue weighted by Gasteiger charge is -2.59. The zero-order chi connectivity index (χ0) is 18.7. The minimum Gasteiger partial charge on any atom is -0.374 e. The van der Waals surface area contributed by atoms with Crippen molar-refractivity contribution in [3.63, 3.8) is 0 Å². The summed E-state index contributed by atoms with van der Waals surface area (Å²) in [5, 5.41) is 10.6. The van der Waals surface area contributed by atoms with Gasteiger partial charge in [-0.15, -0.1) is 6.42 Å². The van der Waals surface area contributed by atoms with Crippen LogP contribution in [0.1, 0.15) is 72.1 Å². The molecule has 0 heterocycles. The second kappa shape index (κ2) is 5.96. The largest absolute Gasteiger partial charge is 0.374 e. The molecule has 1 N–H and O–H groups in total. The molecule has 0 aromatic rings. The van der Waals surface area contributed by atoms with Gasteiger partial charge in [-0.05, 0) is 93.0 Å². The zero-order valence-electron chi connectivity index (χ0n) is 17.0. The highest BCUT2D eigenvalue weighted by Crippen LogP contribution is 2.67. The summed E-state index contributed by atoms with van der Waals surface area (Å²) in [7, 11) is 1.96. The standard InChI is InChI=1S/C24H35NO/c1-6-24(26)14-13-22(3)17(15-24)7-8-18-20-10-9-19(16(2)25-5)23(20,4)12-11-21(18)22/h1,15,18-21,26H,7-14H2,2-5H3/b25-16+/t18?,19-,20?,21?,22+,23-,24-/m1/s1. The van der Waals surface area contributed by atoms with Crippen molar-refractivity contribution in [2.24, 2.45) is 39.5 Å². The van der Waals surface area contributed by atoms with Crippen molar-refractivity contribution < 1.29 is 5.11 Å².